The molecule has 0 atom stereocenters. The summed E-state index contributed by atoms with van der Waals surface area (Å²) in [4.78, 5) is 10.3. The summed E-state index contributed by atoms with van der Waals surface area (Å²) in [6, 6.07) is 13.2. The van der Waals surface area contributed by atoms with Gasteiger partial charge in [0.1, 0.15) is 5.69 Å². The van der Waals surface area contributed by atoms with Gasteiger partial charge < -0.3 is 0 Å². The standard InChI is InChI=1S/C18H19N2O2/c1-20(2)12-11-16-13-15(7-10-18(16)20)4-3-14-5-8-17(9-6-14)19(21)22/h3-10,13H,11-12H2,1-2H3/q+1/b4-3+. The van der Waals surface area contributed by atoms with Gasteiger partial charge in [-0.15, -0.1) is 0 Å². The minimum Gasteiger partial charge on any atom is -0.295 e. The average Bonchev–Trinajstić information content (AvgIpc) is 2.81. The zero-order chi connectivity index (χ0) is 15.7. The van der Waals surface area contributed by atoms with E-state index in [1.807, 2.05) is 6.08 Å². The van der Waals surface area contributed by atoms with Crippen LogP contribution in [0.15, 0.2) is 42.5 Å². The summed E-state index contributed by atoms with van der Waals surface area (Å²) in [7, 11) is 4.47. The number of nitro groups is 1. The van der Waals surface area contributed by atoms with Gasteiger partial charge in [-0.25, -0.2) is 0 Å². The van der Waals surface area contributed by atoms with E-state index in [1.165, 1.54) is 28.9 Å². The predicted molar refractivity (Wildman–Crippen MR) is 90.7 cm³/mol. The molecule has 1 aliphatic heterocycles. The Bertz CT molecular complexity index is 746. The first kappa shape index (κ1) is 14.5. The van der Waals surface area contributed by atoms with E-state index in [0.717, 1.165) is 23.0 Å². The van der Waals surface area contributed by atoms with Gasteiger partial charge in [0.2, 0.25) is 0 Å². The zero-order valence-corrected chi connectivity index (χ0v) is 12.8. The van der Waals surface area contributed by atoms with Crippen LogP contribution in [0.4, 0.5) is 11.4 Å². The molecule has 4 heteroatoms. The first-order valence-corrected chi connectivity index (χ1v) is 7.35. The van der Waals surface area contributed by atoms with Gasteiger partial charge in [-0.2, -0.15) is 0 Å². The maximum atomic E-state index is 10.6. The molecule has 0 aromatic heterocycles. The van der Waals surface area contributed by atoms with E-state index in [9.17, 15) is 10.1 Å². The molecule has 2 aromatic carbocycles. The predicted octanol–water partition coefficient (Wildman–Crippen LogP) is 3.89. The number of rotatable bonds is 3. The molecular weight excluding hydrogens is 276 g/mol. The van der Waals surface area contributed by atoms with Gasteiger partial charge >= 0.3 is 0 Å². The molecule has 1 heterocycles. The molecule has 3 rings (SSSR count). The third-order valence-corrected chi connectivity index (χ3v) is 4.27. The number of non-ortho nitro benzene ring substituents is 1. The van der Waals surface area contributed by atoms with Crippen molar-refractivity contribution in [3.05, 3.63) is 69.3 Å². The Morgan fingerprint density at radius 3 is 2.36 bits per heavy atom. The second kappa shape index (κ2) is 5.39. The third-order valence-electron chi connectivity index (χ3n) is 4.27. The van der Waals surface area contributed by atoms with Gasteiger partial charge in [0, 0.05) is 24.1 Å². The van der Waals surface area contributed by atoms with E-state index < -0.39 is 0 Å². The van der Waals surface area contributed by atoms with Crippen molar-refractivity contribution in [2.45, 2.75) is 6.42 Å². The summed E-state index contributed by atoms with van der Waals surface area (Å²) in [6.07, 6.45) is 5.15. The minimum atomic E-state index is -0.381. The Morgan fingerprint density at radius 1 is 1.05 bits per heavy atom. The number of likely N-dealkylation sites (N-methyl/N-ethyl adjacent to an activating group) is 1. The van der Waals surface area contributed by atoms with Gasteiger partial charge in [-0.3, -0.25) is 14.6 Å². The molecule has 4 nitrogen and oxygen atoms in total. The first-order chi connectivity index (χ1) is 10.5. The molecule has 0 saturated carbocycles. The highest BCUT2D eigenvalue weighted by Crippen LogP contribution is 2.32. The van der Waals surface area contributed by atoms with Crippen molar-refractivity contribution in [3.63, 3.8) is 0 Å². The molecule has 0 N–H and O–H groups in total. The van der Waals surface area contributed by atoms with Crippen LogP contribution in [0.1, 0.15) is 16.7 Å². The Kier molecular flexibility index (Phi) is 3.54. The fraction of sp³-hybridized carbons (Fsp3) is 0.222. The van der Waals surface area contributed by atoms with E-state index in [1.54, 1.807) is 12.1 Å². The van der Waals surface area contributed by atoms with Crippen LogP contribution in [0.5, 0.6) is 0 Å². The number of benzene rings is 2. The molecule has 0 aliphatic carbocycles. The molecule has 0 bridgehead atoms. The molecule has 0 radical (unpaired) electrons. The number of nitro benzene ring substituents is 1. The lowest BCUT2D eigenvalue weighted by Crippen LogP contribution is -2.37. The fourth-order valence-electron chi connectivity index (χ4n) is 2.92. The number of hydrogen-bond acceptors (Lipinski definition) is 2. The second-order valence-electron chi connectivity index (χ2n) is 6.23. The topological polar surface area (TPSA) is 43.1 Å². The number of fused-ring (bicyclic) bond motifs is 1. The first-order valence-electron chi connectivity index (χ1n) is 7.35. The number of nitrogens with zero attached hydrogens (tertiary/aromatic N) is 2. The van der Waals surface area contributed by atoms with Crippen LogP contribution in [0.25, 0.3) is 12.2 Å². The van der Waals surface area contributed by atoms with Crippen LogP contribution < -0.4 is 4.48 Å². The molecular formula is C18H19N2O2+. The summed E-state index contributed by atoms with van der Waals surface area (Å²) >= 11 is 0. The summed E-state index contributed by atoms with van der Waals surface area (Å²) in [5.74, 6) is 0. The van der Waals surface area contributed by atoms with Crippen molar-refractivity contribution in [2.24, 2.45) is 0 Å². The van der Waals surface area contributed by atoms with Crippen LogP contribution in [-0.2, 0) is 6.42 Å². The molecule has 0 saturated heterocycles. The largest absolute Gasteiger partial charge is 0.295 e. The highest BCUT2D eigenvalue weighted by Gasteiger charge is 2.29. The van der Waals surface area contributed by atoms with E-state index in [2.05, 4.69) is 38.4 Å². The van der Waals surface area contributed by atoms with Gasteiger partial charge in [0.05, 0.1) is 25.6 Å². The molecule has 1 aliphatic rings. The second-order valence-corrected chi connectivity index (χ2v) is 6.23. The Hall–Kier alpha value is -2.46. The maximum Gasteiger partial charge on any atom is 0.269 e. The van der Waals surface area contributed by atoms with Crippen molar-refractivity contribution < 1.29 is 4.92 Å². The molecule has 0 amide bonds. The van der Waals surface area contributed by atoms with Gasteiger partial charge in [-0.1, -0.05) is 12.2 Å². The zero-order valence-electron chi connectivity index (χ0n) is 12.8. The van der Waals surface area contributed by atoms with Crippen LogP contribution in [0, 0.1) is 10.1 Å². The van der Waals surface area contributed by atoms with Crippen LogP contribution >= 0.6 is 0 Å². The monoisotopic (exact) mass is 295 g/mol. The molecule has 0 unspecified atom stereocenters. The summed E-state index contributed by atoms with van der Waals surface area (Å²) in [5.41, 5.74) is 5.05. The lowest BCUT2D eigenvalue weighted by atomic mass is 10.1. The smallest absolute Gasteiger partial charge is 0.269 e. The van der Waals surface area contributed by atoms with Gasteiger partial charge in [-0.05, 0) is 41.5 Å². The molecule has 2 aromatic rings. The van der Waals surface area contributed by atoms with Crippen molar-refractivity contribution in [2.75, 3.05) is 20.6 Å². The van der Waals surface area contributed by atoms with E-state index in [4.69, 9.17) is 0 Å². The van der Waals surface area contributed by atoms with Crippen LogP contribution in [0.2, 0.25) is 0 Å². The van der Waals surface area contributed by atoms with Crippen LogP contribution in [-0.4, -0.2) is 25.6 Å². The number of quaternary nitrogens is 1. The minimum absolute atomic E-state index is 0.120. The van der Waals surface area contributed by atoms with Gasteiger partial charge in [0.25, 0.3) is 5.69 Å². The highest BCUT2D eigenvalue weighted by atomic mass is 16.6. The summed E-state index contributed by atoms with van der Waals surface area (Å²) < 4.78 is 0.946. The average molecular weight is 295 g/mol. The Morgan fingerprint density at radius 2 is 1.68 bits per heavy atom. The molecule has 112 valence electrons. The maximum absolute atomic E-state index is 10.6. The van der Waals surface area contributed by atoms with E-state index in [-0.39, 0.29) is 10.6 Å². The van der Waals surface area contributed by atoms with Crippen LogP contribution in [0.3, 0.4) is 0 Å². The van der Waals surface area contributed by atoms with Crippen molar-refractivity contribution in [1.82, 2.24) is 4.48 Å². The Balaban J connectivity index is 1.80. The lowest BCUT2D eigenvalue weighted by Gasteiger charge is -2.23. The highest BCUT2D eigenvalue weighted by molar-refractivity contribution is 5.72. The molecule has 22 heavy (non-hydrogen) atoms. The van der Waals surface area contributed by atoms with E-state index >= 15 is 0 Å². The Labute approximate surface area is 130 Å². The fourth-order valence-corrected chi connectivity index (χ4v) is 2.92. The van der Waals surface area contributed by atoms with Crippen molar-refractivity contribution in [3.8, 4) is 0 Å². The van der Waals surface area contributed by atoms with Crippen molar-refractivity contribution in [1.29, 1.82) is 0 Å². The number of hydrogen-bond donors (Lipinski definition) is 0. The summed E-state index contributed by atoms with van der Waals surface area (Å²) in [6.45, 7) is 1.14. The lowest BCUT2D eigenvalue weighted by molar-refractivity contribution is -0.384. The van der Waals surface area contributed by atoms with E-state index in [0.29, 0.717) is 0 Å². The SMILES string of the molecule is C[N+]1(C)CCc2cc(/C=C/c3ccc([N+](=O)[O-])cc3)ccc21. The normalized spacial score (nSPS) is 15.9. The molecule has 0 fully saturated rings. The van der Waals surface area contributed by atoms with Crippen molar-refractivity contribution >= 4 is 23.5 Å². The summed E-state index contributed by atoms with van der Waals surface area (Å²) in [5, 5.41) is 10.6. The van der Waals surface area contributed by atoms with Gasteiger partial charge in [0.15, 0.2) is 0 Å². The molecule has 0 spiro atoms. The third kappa shape index (κ3) is 2.78. The quantitative estimate of drug-likeness (QED) is 0.373.